The van der Waals surface area contributed by atoms with E-state index in [1.807, 2.05) is 6.07 Å². The first kappa shape index (κ1) is 24.5. The third-order valence-corrected chi connectivity index (χ3v) is 5.40. The predicted molar refractivity (Wildman–Crippen MR) is 129 cm³/mol. The maximum atomic E-state index is 13.3. The average molecular weight is 490 g/mol. The van der Waals surface area contributed by atoms with Crippen LogP contribution in [0.25, 0.3) is 16.9 Å². The fraction of sp³-hybridized carbons (Fsp3) is 0.148. The van der Waals surface area contributed by atoms with Gasteiger partial charge >= 0.3 is 11.9 Å². The monoisotopic (exact) mass is 490 g/mol. The van der Waals surface area contributed by atoms with Crippen LogP contribution in [0.15, 0.2) is 72.8 Å². The van der Waals surface area contributed by atoms with Crippen LogP contribution >= 0.6 is 0 Å². The summed E-state index contributed by atoms with van der Waals surface area (Å²) in [6, 6.07) is 19.8. The maximum absolute atomic E-state index is 13.3. The van der Waals surface area contributed by atoms with E-state index in [-0.39, 0.29) is 35.1 Å². The summed E-state index contributed by atoms with van der Waals surface area (Å²) in [6.45, 7) is 0.0878. The summed E-state index contributed by atoms with van der Waals surface area (Å²) in [7, 11) is 3.91. The topological polar surface area (TPSA) is 88.9 Å². The molecule has 0 saturated heterocycles. The third kappa shape index (κ3) is 4.76. The quantitative estimate of drug-likeness (QED) is 0.327. The van der Waals surface area contributed by atoms with Crippen LogP contribution in [0.5, 0.6) is 11.5 Å². The molecule has 0 bridgehead atoms. The van der Waals surface area contributed by atoms with Crippen molar-refractivity contribution < 1.29 is 32.9 Å². The van der Waals surface area contributed by atoms with E-state index in [4.69, 9.17) is 18.9 Å². The Morgan fingerprint density at radius 2 is 1.56 bits per heavy atom. The van der Waals surface area contributed by atoms with E-state index in [9.17, 15) is 14.0 Å². The molecule has 0 fully saturated rings. The first-order valence-electron chi connectivity index (χ1n) is 10.9. The number of nitrogens with zero attached hydrogens (tertiary/aromatic N) is 2. The molecule has 0 aliphatic heterocycles. The molecule has 8 nitrogen and oxygen atoms in total. The molecule has 1 aromatic heterocycles. The van der Waals surface area contributed by atoms with Gasteiger partial charge in [-0.05, 0) is 42.0 Å². The number of esters is 2. The summed E-state index contributed by atoms with van der Waals surface area (Å²) in [5.74, 6) is -1.25. The van der Waals surface area contributed by atoms with Crippen molar-refractivity contribution in [1.82, 2.24) is 9.78 Å². The van der Waals surface area contributed by atoms with E-state index >= 15 is 0 Å². The van der Waals surface area contributed by atoms with Gasteiger partial charge in [-0.2, -0.15) is 5.10 Å². The van der Waals surface area contributed by atoms with E-state index in [0.29, 0.717) is 22.6 Å². The summed E-state index contributed by atoms with van der Waals surface area (Å²) in [4.78, 5) is 25.8. The van der Waals surface area contributed by atoms with E-state index in [2.05, 4.69) is 5.10 Å². The van der Waals surface area contributed by atoms with Crippen molar-refractivity contribution in [3.63, 3.8) is 0 Å². The minimum absolute atomic E-state index is 0.0878. The maximum Gasteiger partial charge on any atom is 0.357 e. The second-order valence-electron chi connectivity index (χ2n) is 7.55. The van der Waals surface area contributed by atoms with Gasteiger partial charge in [0.15, 0.2) is 17.2 Å². The zero-order chi connectivity index (χ0) is 25.7. The highest BCUT2D eigenvalue weighted by Gasteiger charge is 2.33. The Labute approximate surface area is 206 Å². The summed E-state index contributed by atoms with van der Waals surface area (Å²) in [5.41, 5.74) is 1.58. The van der Waals surface area contributed by atoms with Crippen molar-refractivity contribution in [2.24, 2.45) is 0 Å². The van der Waals surface area contributed by atoms with Crippen molar-refractivity contribution in [3.8, 4) is 28.4 Å². The van der Waals surface area contributed by atoms with Crippen LogP contribution in [-0.2, 0) is 16.1 Å². The van der Waals surface area contributed by atoms with Crippen molar-refractivity contribution in [3.05, 3.63) is 95.4 Å². The molecule has 4 aromatic rings. The molecule has 184 valence electrons. The molecule has 0 amide bonds. The molecule has 0 aliphatic rings. The van der Waals surface area contributed by atoms with Gasteiger partial charge in [0.25, 0.3) is 0 Å². The zero-order valence-corrected chi connectivity index (χ0v) is 19.9. The minimum Gasteiger partial charge on any atom is -0.493 e. The van der Waals surface area contributed by atoms with Crippen molar-refractivity contribution in [2.75, 3.05) is 21.3 Å². The molecule has 9 heteroatoms. The zero-order valence-electron chi connectivity index (χ0n) is 19.9. The van der Waals surface area contributed by atoms with Gasteiger partial charge in [-0.3, -0.25) is 0 Å². The number of aromatic nitrogens is 2. The third-order valence-electron chi connectivity index (χ3n) is 5.40. The van der Waals surface area contributed by atoms with Gasteiger partial charge in [0.1, 0.15) is 23.7 Å². The molecule has 4 rings (SSSR count). The largest absolute Gasteiger partial charge is 0.493 e. The molecule has 0 saturated carbocycles. The van der Waals surface area contributed by atoms with Gasteiger partial charge in [0.05, 0.1) is 27.0 Å². The lowest BCUT2D eigenvalue weighted by atomic mass is 10.0. The molecule has 0 N–H and O–H groups in total. The van der Waals surface area contributed by atoms with E-state index < -0.39 is 11.9 Å². The number of ether oxygens (including phenoxy) is 4. The van der Waals surface area contributed by atoms with Gasteiger partial charge in [-0.15, -0.1) is 0 Å². The summed E-state index contributed by atoms with van der Waals surface area (Å²) < 4.78 is 36.2. The van der Waals surface area contributed by atoms with Gasteiger partial charge in [-0.25, -0.2) is 18.7 Å². The normalized spacial score (nSPS) is 10.6. The standard InChI is InChI=1S/C27H23FN2O6/c1-33-21-11-7-10-20(25(21)36-16-17-12-14-18(28)15-13-17)23-22(26(31)34-2)24(27(32)35-3)30(29-23)19-8-5-4-6-9-19/h4-15H,16H2,1-3H3. The van der Waals surface area contributed by atoms with E-state index in [1.54, 1.807) is 54.6 Å². The van der Waals surface area contributed by atoms with Gasteiger partial charge in [0.2, 0.25) is 0 Å². The number of hydrogen-bond donors (Lipinski definition) is 0. The first-order chi connectivity index (χ1) is 17.5. The number of methoxy groups -OCH3 is 3. The van der Waals surface area contributed by atoms with E-state index in [0.717, 1.165) is 0 Å². The summed E-state index contributed by atoms with van der Waals surface area (Å²) in [6.07, 6.45) is 0. The van der Waals surface area contributed by atoms with Crippen LogP contribution in [0, 0.1) is 5.82 Å². The van der Waals surface area contributed by atoms with Crippen LogP contribution in [0.1, 0.15) is 26.4 Å². The number of para-hydroxylation sites is 2. The molecular weight excluding hydrogens is 467 g/mol. The Kier molecular flexibility index (Phi) is 7.29. The highest BCUT2D eigenvalue weighted by molar-refractivity contribution is 6.07. The fourth-order valence-electron chi connectivity index (χ4n) is 3.69. The van der Waals surface area contributed by atoms with Gasteiger partial charge in [0, 0.05) is 5.56 Å². The van der Waals surface area contributed by atoms with Crippen molar-refractivity contribution in [1.29, 1.82) is 0 Å². The van der Waals surface area contributed by atoms with Crippen LogP contribution < -0.4 is 9.47 Å². The minimum atomic E-state index is -0.778. The number of carbonyl (C=O) groups excluding carboxylic acids is 2. The summed E-state index contributed by atoms with van der Waals surface area (Å²) in [5, 5.41) is 4.62. The molecular formula is C27H23FN2O6. The predicted octanol–water partition coefficient (Wildman–Crippen LogP) is 4.84. The number of rotatable bonds is 8. The van der Waals surface area contributed by atoms with Crippen LogP contribution in [-0.4, -0.2) is 43.0 Å². The van der Waals surface area contributed by atoms with Crippen LogP contribution in [0.3, 0.4) is 0 Å². The lowest BCUT2D eigenvalue weighted by molar-refractivity contribution is 0.0549. The number of hydrogen-bond acceptors (Lipinski definition) is 7. The van der Waals surface area contributed by atoms with Crippen molar-refractivity contribution in [2.45, 2.75) is 6.61 Å². The first-order valence-corrected chi connectivity index (χ1v) is 10.9. The number of benzene rings is 3. The van der Waals surface area contributed by atoms with Gasteiger partial charge < -0.3 is 18.9 Å². The highest BCUT2D eigenvalue weighted by atomic mass is 19.1. The lowest BCUT2D eigenvalue weighted by Gasteiger charge is -2.15. The van der Waals surface area contributed by atoms with Crippen LogP contribution in [0.4, 0.5) is 4.39 Å². The molecule has 0 spiro atoms. The molecule has 1 heterocycles. The Morgan fingerprint density at radius 3 is 2.19 bits per heavy atom. The SMILES string of the molecule is COC(=O)c1c(-c2cccc(OC)c2OCc2ccc(F)cc2)nn(-c2ccccc2)c1C(=O)OC. The Morgan fingerprint density at radius 1 is 0.861 bits per heavy atom. The smallest absolute Gasteiger partial charge is 0.357 e. The fourth-order valence-corrected chi connectivity index (χ4v) is 3.69. The average Bonchev–Trinajstić information content (AvgIpc) is 3.32. The Hall–Kier alpha value is -4.66. The molecule has 3 aromatic carbocycles. The van der Waals surface area contributed by atoms with Crippen molar-refractivity contribution >= 4 is 11.9 Å². The molecule has 36 heavy (non-hydrogen) atoms. The molecule has 0 radical (unpaired) electrons. The second-order valence-corrected chi connectivity index (χ2v) is 7.55. The van der Waals surface area contributed by atoms with E-state index in [1.165, 1.54) is 38.1 Å². The Balaban J connectivity index is 1.93. The lowest BCUT2D eigenvalue weighted by Crippen LogP contribution is -2.15. The summed E-state index contributed by atoms with van der Waals surface area (Å²) >= 11 is 0. The molecule has 0 unspecified atom stereocenters. The van der Waals surface area contributed by atoms with Gasteiger partial charge in [-0.1, -0.05) is 36.4 Å². The highest BCUT2D eigenvalue weighted by Crippen LogP contribution is 2.41. The Bertz CT molecular complexity index is 1380. The second kappa shape index (κ2) is 10.7. The number of carbonyl (C=O) groups is 2. The number of halogens is 1. The molecule has 0 atom stereocenters. The van der Waals surface area contributed by atoms with Crippen LogP contribution in [0.2, 0.25) is 0 Å². The molecule has 0 aliphatic carbocycles.